The van der Waals surface area contributed by atoms with Crippen molar-refractivity contribution < 1.29 is 14.3 Å². The van der Waals surface area contributed by atoms with Crippen LogP contribution in [-0.4, -0.2) is 22.5 Å². The summed E-state index contributed by atoms with van der Waals surface area (Å²) in [6.45, 7) is 0.0567. The van der Waals surface area contributed by atoms with Crippen LogP contribution in [-0.2, 0) is 0 Å². The third-order valence-corrected chi connectivity index (χ3v) is 4.46. The Morgan fingerprint density at radius 2 is 2.22 bits per heavy atom. The second-order valence-corrected chi connectivity index (χ2v) is 6.06. The minimum atomic E-state index is -0.875. The van der Waals surface area contributed by atoms with Crippen LogP contribution in [0.15, 0.2) is 52.7 Å². The molecule has 0 bridgehead atoms. The van der Waals surface area contributed by atoms with Gasteiger partial charge in [-0.25, -0.2) is 4.98 Å². The number of nitrogens with one attached hydrogen (secondary N) is 1. The van der Waals surface area contributed by atoms with Crippen LogP contribution in [0.1, 0.15) is 22.2 Å². The molecule has 0 fully saturated rings. The molecule has 1 atom stereocenters. The predicted octanol–water partition coefficient (Wildman–Crippen LogP) is 3.52. The number of benzene rings is 1. The normalized spacial score (nSPS) is 12.1. The molecular formula is C16H13ClN2O3S. The van der Waals surface area contributed by atoms with Crippen molar-refractivity contribution in [1.29, 1.82) is 0 Å². The average molecular weight is 349 g/mol. The zero-order valence-electron chi connectivity index (χ0n) is 11.9. The van der Waals surface area contributed by atoms with Crippen LogP contribution >= 0.6 is 22.9 Å². The number of halogens is 1. The van der Waals surface area contributed by atoms with E-state index in [1.165, 1.54) is 11.3 Å². The summed E-state index contributed by atoms with van der Waals surface area (Å²) in [5, 5.41) is 15.6. The van der Waals surface area contributed by atoms with Crippen LogP contribution in [0, 0.1) is 0 Å². The quantitative estimate of drug-likeness (QED) is 0.739. The fourth-order valence-corrected chi connectivity index (χ4v) is 3.08. The Kier molecular flexibility index (Phi) is 4.76. The first-order chi connectivity index (χ1) is 11.1. The maximum absolute atomic E-state index is 12.1. The van der Waals surface area contributed by atoms with E-state index in [0.717, 1.165) is 5.56 Å². The van der Waals surface area contributed by atoms with Gasteiger partial charge in [0.2, 0.25) is 0 Å². The summed E-state index contributed by atoms with van der Waals surface area (Å²) in [7, 11) is 0. The van der Waals surface area contributed by atoms with E-state index in [1.807, 2.05) is 0 Å². The van der Waals surface area contributed by atoms with Crippen molar-refractivity contribution in [2.45, 2.75) is 6.10 Å². The van der Waals surface area contributed by atoms with E-state index in [4.69, 9.17) is 16.0 Å². The van der Waals surface area contributed by atoms with Crippen LogP contribution in [0.5, 0.6) is 0 Å². The second kappa shape index (κ2) is 6.95. The third kappa shape index (κ3) is 3.61. The fraction of sp³-hybridized carbons (Fsp3) is 0.125. The lowest BCUT2D eigenvalue weighted by Gasteiger charge is -2.13. The summed E-state index contributed by atoms with van der Waals surface area (Å²) < 4.78 is 5.00. The van der Waals surface area contributed by atoms with Gasteiger partial charge in [-0.05, 0) is 12.1 Å². The molecule has 3 rings (SSSR count). The molecular weight excluding hydrogens is 336 g/mol. The highest BCUT2D eigenvalue weighted by atomic mass is 35.5. The zero-order valence-corrected chi connectivity index (χ0v) is 13.5. The van der Waals surface area contributed by atoms with Crippen LogP contribution in [0.25, 0.3) is 10.6 Å². The SMILES string of the molecule is O=C(NCC(O)c1ccccc1Cl)c1csc(-c2ccoc2)n1. The Morgan fingerprint density at radius 3 is 2.96 bits per heavy atom. The Hall–Kier alpha value is -2.15. The number of aliphatic hydroxyl groups excluding tert-OH is 1. The van der Waals surface area contributed by atoms with Gasteiger partial charge in [0.05, 0.1) is 12.4 Å². The molecule has 1 aromatic carbocycles. The number of carbonyl (C=O) groups excluding carboxylic acids is 1. The summed E-state index contributed by atoms with van der Waals surface area (Å²) >= 11 is 7.37. The van der Waals surface area contributed by atoms with Gasteiger partial charge in [-0.3, -0.25) is 4.79 Å². The van der Waals surface area contributed by atoms with Gasteiger partial charge in [0, 0.05) is 28.1 Å². The second-order valence-electron chi connectivity index (χ2n) is 4.80. The van der Waals surface area contributed by atoms with Gasteiger partial charge >= 0.3 is 0 Å². The van der Waals surface area contributed by atoms with Gasteiger partial charge in [0.15, 0.2) is 0 Å². The summed E-state index contributed by atoms with van der Waals surface area (Å²) in [5.41, 5.74) is 1.70. The highest BCUT2D eigenvalue weighted by molar-refractivity contribution is 7.13. The first-order valence-electron chi connectivity index (χ1n) is 6.84. The number of hydrogen-bond donors (Lipinski definition) is 2. The van der Waals surface area contributed by atoms with Gasteiger partial charge in [0.1, 0.15) is 17.0 Å². The van der Waals surface area contributed by atoms with E-state index in [-0.39, 0.29) is 12.5 Å². The molecule has 118 valence electrons. The van der Waals surface area contributed by atoms with Crippen molar-refractivity contribution in [3.63, 3.8) is 0 Å². The minimum Gasteiger partial charge on any atom is -0.472 e. The number of aliphatic hydroxyl groups is 1. The van der Waals surface area contributed by atoms with Crippen LogP contribution < -0.4 is 5.32 Å². The molecule has 0 aliphatic heterocycles. The monoisotopic (exact) mass is 348 g/mol. The minimum absolute atomic E-state index is 0.0567. The topological polar surface area (TPSA) is 75.4 Å². The van der Waals surface area contributed by atoms with E-state index in [0.29, 0.717) is 21.3 Å². The molecule has 7 heteroatoms. The smallest absolute Gasteiger partial charge is 0.270 e. The molecule has 0 saturated heterocycles. The number of nitrogens with zero attached hydrogens (tertiary/aromatic N) is 1. The van der Waals surface area contributed by atoms with Crippen molar-refractivity contribution in [1.82, 2.24) is 10.3 Å². The third-order valence-electron chi connectivity index (χ3n) is 3.23. The fourth-order valence-electron chi connectivity index (χ4n) is 2.03. The molecule has 1 amide bonds. The van der Waals surface area contributed by atoms with Crippen molar-refractivity contribution >= 4 is 28.8 Å². The molecule has 0 aliphatic rings. The lowest BCUT2D eigenvalue weighted by Crippen LogP contribution is -2.28. The number of aromatic nitrogens is 1. The zero-order chi connectivity index (χ0) is 16.2. The standard InChI is InChI=1S/C16H13ClN2O3S/c17-12-4-2-1-3-11(12)14(20)7-18-15(21)13-9-23-16(19-13)10-5-6-22-8-10/h1-6,8-9,14,20H,7H2,(H,18,21). The largest absolute Gasteiger partial charge is 0.472 e. The number of amides is 1. The maximum atomic E-state index is 12.1. The molecule has 2 heterocycles. The average Bonchev–Trinajstić information content (AvgIpc) is 3.23. The molecule has 2 aromatic heterocycles. The highest BCUT2D eigenvalue weighted by Crippen LogP contribution is 2.24. The van der Waals surface area contributed by atoms with E-state index >= 15 is 0 Å². The highest BCUT2D eigenvalue weighted by Gasteiger charge is 2.16. The Morgan fingerprint density at radius 1 is 1.39 bits per heavy atom. The van der Waals surface area contributed by atoms with Crippen molar-refractivity contribution in [3.8, 4) is 10.6 Å². The lowest BCUT2D eigenvalue weighted by atomic mass is 10.1. The van der Waals surface area contributed by atoms with Crippen LogP contribution in [0.2, 0.25) is 5.02 Å². The first-order valence-corrected chi connectivity index (χ1v) is 8.09. The van der Waals surface area contributed by atoms with Crippen molar-refractivity contribution in [2.75, 3.05) is 6.54 Å². The molecule has 23 heavy (non-hydrogen) atoms. The van der Waals surface area contributed by atoms with E-state index in [9.17, 15) is 9.90 Å². The molecule has 3 aromatic rings. The Balaban J connectivity index is 1.63. The van der Waals surface area contributed by atoms with Crippen molar-refractivity contribution in [3.05, 3.63) is 64.5 Å². The Bertz CT molecular complexity index is 801. The molecule has 5 nitrogen and oxygen atoms in total. The number of hydrogen-bond acceptors (Lipinski definition) is 5. The van der Waals surface area contributed by atoms with E-state index in [1.54, 1.807) is 48.2 Å². The van der Waals surface area contributed by atoms with E-state index < -0.39 is 6.10 Å². The summed E-state index contributed by atoms with van der Waals surface area (Å²) in [6, 6.07) is 8.76. The number of furan rings is 1. The van der Waals surface area contributed by atoms with Gasteiger partial charge in [0.25, 0.3) is 5.91 Å². The molecule has 1 unspecified atom stereocenters. The number of carbonyl (C=O) groups is 1. The van der Waals surface area contributed by atoms with Gasteiger partial charge in [-0.2, -0.15) is 0 Å². The predicted molar refractivity (Wildman–Crippen MR) is 88.6 cm³/mol. The van der Waals surface area contributed by atoms with Crippen LogP contribution in [0.4, 0.5) is 0 Å². The summed E-state index contributed by atoms with van der Waals surface area (Å²) in [6.07, 6.45) is 2.25. The maximum Gasteiger partial charge on any atom is 0.270 e. The van der Waals surface area contributed by atoms with Gasteiger partial charge < -0.3 is 14.8 Å². The van der Waals surface area contributed by atoms with Gasteiger partial charge in [-0.1, -0.05) is 29.8 Å². The Labute approximate surface area is 141 Å². The first kappa shape index (κ1) is 15.7. The summed E-state index contributed by atoms with van der Waals surface area (Å²) in [5.74, 6) is -0.345. The molecule has 0 saturated carbocycles. The van der Waals surface area contributed by atoms with Crippen LogP contribution in [0.3, 0.4) is 0 Å². The molecule has 2 N–H and O–H groups in total. The van der Waals surface area contributed by atoms with Gasteiger partial charge in [-0.15, -0.1) is 11.3 Å². The molecule has 0 aliphatic carbocycles. The molecule has 0 spiro atoms. The number of rotatable bonds is 5. The lowest BCUT2D eigenvalue weighted by molar-refractivity contribution is 0.0912. The summed E-state index contributed by atoms with van der Waals surface area (Å²) in [4.78, 5) is 16.4. The molecule has 0 radical (unpaired) electrons. The number of thiazole rings is 1. The van der Waals surface area contributed by atoms with Crippen molar-refractivity contribution in [2.24, 2.45) is 0 Å². The van der Waals surface area contributed by atoms with E-state index in [2.05, 4.69) is 10.3 Å².